The van der Waals surface area contributed by atoms with Crippen LogP contribution in [0.25, 0.3) is 16.0 Å². The zero-order chi connectivity index (χ0) is 11.4. The number of hydrogen-bond donors (Lipinski definition) is 0. The molecule has 0 N–H and O–H groups in total. The molecule has 1 aromatic rings. The zero-order valence-electron chi connectivity index (χ0n) is 9.43. The van der Waals surface area contributed by atoms with Crippen LogP contribution in [0, 0.1) is 6.92 Å². The van der Waals surface area contributed by atoms with E-state index in [2.05, 4.69) is 47.3 Å². The lowest BCUT2D eigenvalue weighted by atomic mass is 9.89. The summed E-state index contributed by atoms with van der Waals surface area (Å²) in [5.41, 5.74) is 12.2. The van der Waals surface area contributed by atoms with E-state index in [9.17, 15) is 0 Å². The number of benzene rings is 1. The van der Waals surface area contributed by atoms with Crippen LogP contribution in [0.1, 0.15) is 30.4 Å². The molecule has 0 fully saturated rings. The van der Waals surface area contributed by atoms with Crippen molar-refractivity contribution in [3.8, 4) is 0 Å². The molecule has 16 heavy (non-hydrogen) atoms. The van der Waals surface area contributed by atoms with Gasteiger partial charge >= 0.3 is 0 Å². The van der Waals surface area contributed by atoms with Gasteiger partial charge < -0.3 is 0 Å². The fourth-order valence-corrected chi connectivity index (χ4v) is 2.10. The standard InChI is InChI=1S/C13H15N3/c1-10-6-8-11(9-7-10)12-4-2-3-5-13(12)15-16-14/h4,6-9,13H,2-3,5H2,1H3. The molecule has 0 radical (unpaired) electrons. The number of azide groups is 1. The Morgan fingerprint density at radius 1 is 1.31 bits per heavy atom. The van der Waals surface area contributed by atoms with Crippen LogP contribution >= 0.6 is 0 Å². The predicted molar refractivity (Wildman–Crippen MR) is 65.9 cm³/mol. The number of rotatable bonds is 2. The summed E-state index contributed by atoms with van der Waals surface area (Å²) in [4.78, 5) is 2.94. The topological polar surface area (TPSA) is 48.8 Å². The summed E-state index contributed by atoms with van der Waals surface area (Å²) >= 11 is 0. The zero-order valence-corrected chi connectivity index (χ0v) is 9.43. The second kappa shape index (κ2) is 4.86. The number of allylic oxidation sites excluding steroid dienone is 1. The fraction of sp³-hybridized carbons (Fsp3) is 0.385. The van der Waals surface area contributed by atoms with E-state index in [0.717, 1.165) is 19.3 Å². The molecular weight excluding hydrogens is 198 g/mol. The second-order valence-corrected chi connectivity index (χ2v) is 4.18. The molecule has 82 valence electrons. The lowest BCUT2D eigenvalue weighted by Crippen LogP contribution is -2.10. The lowest BCUT2D eigenvalue weighted by Gasteiger charge is -2.20. The van der Waals surface area contributed by atoms with Crippen molar-refractivity contribution in [1.29, 1.82) is 0 Å². The summed E-state index contributed by atoms with van der Waals surface area (Å²) in [7, 11) is 0. The van der Waals surface area contributed by atoms with Gasteiger partial charge in [-0.25, -0.2) is 0 Å². The Bertz CT molecular complexity index is 439. The van der Waals surface area contributed by atoms with E-state index in [1.165, 1.54) is 16.7 Å². The predicted octanol–water partition coefficient (Wildman–Crippen LogP) is 4.24. The van der Waals surface area contributed by atoms with E-state index in [0.29, 0.717) is 0 Å². The third-order valence-electron chi connectivity index (χ3n) is 2.98. The maximum Gasteiger partial charge on any atom is 0.0628 e. The molecule has 0 spiro atoms. The van der Waals surface area contributed by atoms with Crippen molar-refractivity contribution >= 4 is 5.57 Å². The van der Waals surface area contributed by atoms with Gasteiger partial charge in [0.15, 0.2) is 0 Å². The van der Waals surface area contributed by atoms with E-state index in [4.69, 9.17) is 5.53 Å². The van der Waals surface area contributed by atoms with Gasteiger partial charge in [-0.15, -0.1) is 0 Å². The Balaban J connectivity index is 2.33. The highest BCUT2D eigenvalue weighted by Gasteiger charge is 2.17. The molecule has 0 aliphatic heterocycles. The van der Waals surface area contributed by atoms with Crippen molar-refractivity contribution in [2.75, 3.05) is 0 Å². The molecule has 0 heterocycles. The van der Waals surface area contributed by atoms with Crippen LogP contribution in [0.3, 0.4) is 0 Å². The Morgan fingerprint density at radius 2 is 2.06 bits per heavy atom. The summed E-state index contributed by atoms with van der Waals surface area (Å²) in [6.45, 7) is 2.07. The van der Waals surface area contributed by atoms with Crippen LogP contribution in [0.15, 0.2) is 35.5 Å². The average molecular weight is 213 g/mol. The van der Waals surface area contributed by atoms with Crippen molar-refractivity contribution in [3.05, 3.63) is 51.9 Å². The van der Waals surface area contributed by atoms with E-state index in [1.54, 1.807) is 0 Å². The van der Waals surface area contributed by atoms with Crippen LogP contribution in [0.2, 0.25) is 0 Å². The van der Waals surface area contributed by atoms with Gasteiger partial charge in [0, 0.05) is 4.91 Å². The molecule has 1 aliphatic rings. The molecular formula is C13H15N3. The quantitative estimate of drug-likeness (QED) is 0.401. The summed E-state index contributed by atoms with van der Waals surface area (Å²) in [6, 6.07) is 8.41. The van der Waals surface area contributed by atoms with E-state index >= 15 is 0 Å². The summed E-state index contributed by atoms with van der Waals surface area (Å²) < 4.78 is 0. The van der Waals surface area contributed by atoms with Gasteiger partial charge in [-0.1, -0.05) is 41.0 Å². The molecule has 1 aliphatic carbocycles. The minimum absolute atomic E-state index is 0.0152. The van der Waals surface area contributed by atoms with Gasteiger partial charge in [0.25, 0.3) is 0 Å². The SMILES string of the molecule is Cc1ccc(C2=CCCCC2N=[N+]=[N-])cc1. The van der Waals surface area contributed by atoms with Crippen LogP contribution in [-0.4, -0.2) is 6.04 Å². The maximum atomic E-state index is 8.56. The molecule has 0 amide bonds. The van der Waals surface area contributed by atoms with Gasteiger partial charge in [-0.3, -0.25) is 0 Å². The molecule has 0 aromatic heterocycles. The average Bonchev–Trinajstić information content (AvgIpc) is 2.32. The summed E-state index contributed by atoms with van der Waals surface area (Å²) in [5.74, 6) is 0. The van der Waals surface area contributed by atoms with E-state index in [1.807, 2.05) is 0 Å². The molecule has 0 saturated carbocycles. The first-order valence-corrected chi connectivity index (χ1v) is 5.62. The normalized spacial score (nSPS) is 19.8. The van der Waals surface area contributed by atoms with Crippen LogP contribution in [0.5, 0.6) is 0 Å². The number of aryl methyl sites for hydroxylation is 1. The smallest absolute Gasteiger partial charge is 0.0628 e. The van der Waals surface area contributed by atoms with Crippen molar-refractivity contribution in [2.45, 2.75) is 32.2 Å². The van der Waals surface area contributed by atoms with E-state index in [-0.39, 0.29) is 6.04 Å². The van der Waals surface area contributed by atoms with Crippen LogP contribution in [-0.2, 0) is 0 Å². The first kappa shape index (κ1) is 10.8. The first-order chi connectivity index (χ1) is 7.81. The van der Waals surface area contributed by atoms with Crippen molar-refractivity contribution in [2.24, 2.45) is 5.11 Å². The van der Waals surface area contributed by atoms with Gasteiger partial charge in [0.1, 0.15) is 0 Å². The van der Waals surface area contributed by atoms with Gasteiger partial charge in [0.05, 0.1) is 6.04 Å². The third kappa shape index (κ3) is 2.26. The third-order valence-corrected chi connectivity index (χ3v) is 2.98. The Hall–Kier alpha value is -1.73. The maximum absolute atomic E-state index is 8.56. The molecule has 3 nitrogen and oxygen atoms in total. The van der Waals surface area contributed by atoms with Gasteiger partial charge in [-0.05, 0) is 42.9 Å². The second-order valence-electron chi connectivity index (χ2n) is 4.18. The van der Waals surface area contributed by atoms with Crippen molar-refractivity contribution < 1.29 is 0 Å². The molecule has 0 saturated heterocycles. The highest BCUT2D eigenvalue weighted by atomic mass is 15.1. The Morgan fingerprint density at radius 3 is 2.75 bits per heavy atom. The molecule has 3 heteroatoms. The first-order valence-electron chi connectivity index (χ1n) is 5.62. The highest BCUT2D eigenvalue weighted by Crippen LogP contribution is 2.29. The van der Waals surface area contributed by atoms with Crippen molar-refractivity contribution in [1.82, 2.24) is 0 Å². The summed E-state index contributed by atoms with van der Waals surface area (Å²) in [6.07, 6.45) is 5.36. The van der Waals surface area contributed by atoms with Crippen LogP contribution in [0.4, 0.5) is 0 Å². The Labute approximate surface area is 95.4 Å². The molecule has 2 rings (SSSR count). The molecule has 1 unspecified atom stereocenters. The largest absolute Gasteiger partial charge is 0.0859 e. The van der Waals surface area contributed by atoms with Gasteiger partial charge in [0.2, 0.25) is 0 Å². The van der Waals surface area contributed by atoms with Crippen LogP contribution < -0.4 is 0 Å². The molecule has 0 bridgehead atoms. The lowest BCUT2D eigenvalue weighted by molar-refractivity contribution is 0.657. The number of nitrogens with zero attached hydrogens (tertiary/aromatic N) is 3. The summed E-state index contributed by atoms with van der Waals surface area (Å²) in [5, 5.41) is 3.88. The Kier molecular flexibility index (Phi) is 3.28. The minimum Gasteiger partial charge on any atom is -0.0859 e. The fourth-order valence-electron chi connectivity index (χ4n) is 2.10. The number of hydrogen-bond acceptors (Lipinski definition) is 1. The van der Waals surface area contributed by atoms with Crippen molar-refractivity contribution in [3.63, 3.8) is 0 Å². The van der Waals surface area contributed by atoms with E-state index < -0.39 is 0 Å². The highest BCUT2D eigenvalue weighted by molar-refractivity contribution is 5.70. The molecule has 1 aromatic carbocycles. The monoisotopic (exact) mass is 213 g/mol. The van der Waals surface area contributed by atoms with Gasteiger partial charge in [-0.2, -0.15) is 0 Å². The molecule has 1 atom stereocenters. The minimum atomic E-state index is 0.0152.